The molecular weight excluding hydrogens is 472 g/mol. The van der Waals surface area contributed by atoms with E-state index < -0.39 is 0 Å². The minimum atomic E-state index is -0.376. The topological polar surface area (TPSA) is 51.2 Å². The van der Waals surface area contributed by atoms with Crippen LogP contribution in [-0.2, 0) is 16.7 Å². The van der Waals surface area contributed by atoms with Crippen LogP contribution in [0.5, 0.6) is 11.5 Å². The SMILES string of the molecule is COc1cc(Br)c2c3c1OC1C[C@@H](OC(=O)N(C)c4ccccc4)C=CC31CCN(C)C2. The molecule has 0 bridgehead atoms. The van der Waals surface area contributed by atoms with Gasteiger partial charge in [-0.3, -0.25) is 4.90 Å². The summed E-state index contributed by atoms with van der Waals surface area (Å²) in [6.45, 7) is 1.80. The minimum absolute atomic E-state index is 0.115. The van der Waals surface area contributed by atoms with Crippen molar-refractivity contribution in [2.24, 2.45) is 0 Å². The fourth-order valence-corrected chi connectivity index (χ4v) is 5.67. The van der Waals surface area contributed by atoms with Gasteiger partial charge in [0.1, 0.15) is 12.2 Å². The Labute approximate surface area is 196 Å². The lowest BCUT2D eigenvalue weighted by atomic mass is 9.69. The van der Waals surface area contributed by atoms with Gasteiger partial charge in [0, 0.05) is 35.7 Å². The molecule has 3 atom stereocenters. The second kappa shape index (κ2) is 8.12. The van der Waals surface area contributed by atoms with Crippen LogP contribution in [0.4, 0.5) is 10.5 Å². The maximum Gasteiger partial charge on any atom is 0.414 e. The third-order valence-electron chi connectivity index (χ3n) is 6.88. The Hall–Kier alpha value is -2.51. The Morgan fingerprint density at radius 3 is 2.84 bits per heavy atom. The first-order valence-corrected chi connectivity index (χ1v) is 11.7. The average molecular weight is 499 g/mol. The van der Waals surface area contributed by atoms with E-state index in [0.29, 0.717) is 6.42 Å². The maximum atomic E-state index is 12.8. The van der Waals surface area contributed by atoms with Crippen LogP contribution in [-0.4, -0.2) is 51.0 Å². The molecular formula is C25H27BrN2O4. The first-order valence-electron chi connectivity index (χ1n) is 10.9. The van der Waals surface area contributed by atoms with Gasteiger partial charge in [0.05, 0.1) is 12.5 Å². The average Bonchev–Trinajstić information content (AvgIpc) is 3.05. The predicted molar refractivity (Wildman–Crippen MR) is 127 cm³/mol. The molecule has 2 aromatic rings. The molecule has 0 saturated carbocycles. The summed E-state index contributed by atoms with van der Waals surface area (Å²) in [5.74, 6) is 1.56. The molecule has 5 rings (SSSR count). The number of nitrogens with zero attached hydrogens (tertiary/aromatic N) is 2. The van der Waals surface area contributed by atoms with E-state index in [-0.39, 0.29) is 23.7 Å². The predicted octanol–water partition coefficient (Wildman–Crippen LogP) is 4.89. The van der Waals surface area contributed by atoms with Gasteiger partial charge in [-0.25, -0.2) is 4.79 Å². The molecule has 1 spiro atoms. The summed E-state index contributed by atoms with van der Waals surface area (Å²) in [6.07, 6.45) is 4.95. The molecule has 2 heterocycles. The zero-order valence-electron chi connectivity index (χ0n) is 18.5. The molecule has 6 nitrogen and oxygen atoms in total. The first-order chi connectivity index (χ1) is 15.4. The standard InChI is InChI=1S/C25H27BrN2O4/c1-27-12-11-25-10-9-17(31-24(29)28(2)16-7-5-4-6-8-16)13-21(25)32-23-20(30-3)14-19(26)18(15-27)22(23)25/h4-10,14,17,21H,11-13,15H2,1-3H3/t17-,21?,25?/m0/s1. The highest BCUT2D eigenvalue weighted by Gasteiger charge is 2.53. The van der Waals surface area contributed by atoms with E-state index in [1.165, 1.54) is 16.0 Å². The molecule has 0 N–H and O–H groups in total. The van der Waals surface area contributed by atoms with Crippen molar-refractivity contribution in [3.63, 3.8) is 0 Å². The number of carbonyl (C=O) groups is 1. The van der Waals surface area contributed by atoms with Crippen molar-refractivity contribution in [3.8, 4) is 11.5 Å². The molecule has 0 saturated heterocycles. The van der Waals surface area contributed by atoms with Gasteiger partial charge >= 0.3 is 6.09 Å². The van der Waals surface area contributed by atoms with E-state index in [4.69, 9.17) is 14.2 Å². The number of para-hydroxylation sites is 1. The minimum Gasteiger partial charge on any atom is -0.493 e. The Balaban J connectivity index is 1.45. The lowest BCUT2D eigenvalue weighted by Gasteiger charge is -2.37. The molecule has 0 fully saturated rings. The number of anilines is 1. The molecule has 2 aromatic carbocycles. The number of methoxy groups -OCH3 is 1. The van der Waals surface area contributed by atoms with Crippen LogP contribution < -0.4 is 14.4 Å². The van der Waals surface area contributed by atoms with Crippen molar-refractivity contribution in [3.05, 3.63) is 64.1 Å². The highest BCUT2D eigenvalue weighted by atomic mass is 79.9. The van der Waals surface area contributed by atoms with Gasteiger partial charge in [-0.2, -0.15) is 0 Å². The van der Waals surface area contributed by atoms with Crippen LogP contribution in [0.1, 0.15) is 24.0 Å². The van der Waals surface area contributed by atoms with Crippen LogP contribution >= 0.6 is 15.9 Å². The van der Waals surface area contributed by atoms with E-state index in [1.54, 1.807) is 14.2 Å². The largest absolute Gasteiger partial charge is 0.493 e. The number of rotatable bonds is 3. The Morgan fingerprint density at radius 2 is 2.09 bits per heavy atom. The van der Waals surface area contributed by atoms with Gasteiger partial charge in [0.2, 0.25) is 0 Å². The molecule has 168 valence electrons. The van der Waals surface area contributed by atoms with Crippen molar-refractivity contribution in [2.75, 3.05) is 32.6 Å². The van der Waals surface area contributed by atoms with Crippen molar-refractivity contribution < 1.29 is 19.0 Å². The Kier molecular flexibility index (Phi) is 5.42. The lowest BCUT2D eigenvalue weighted by Crippen LogP contribution is -2.44. The lowest BCUT2D eigenvalue weighted by molar-refractivity contribution is 0.0642. The Bertz CT molecular complexity index is 1070. The van der Waals surface area contributed by atoms with Gasteiger partial charge in [0.15, 0.2) is 11.5 Å². The number of benzene rings is 2. The number of ether oxygens (including phenoxy) is 3. The number of hydrogen-bond donors (Lipinski definition) is 0. The molecule has 1 amide bonds. The molecule has 2 unspecified atom stereocenters. The number of amides is 1. The smallest absolute Gasteiger partial charge is 0.414 e. The fourth-order valence-electron chi connectivity index (χ4n) is 5.14. The third-order valence-corrected chi connectivity index (χ3v) is 7.59. The normalized spacial score (nSPS) is 25.9. The van der Waals surface area contributed by atoms with Crippen molar-refractivity contribution in [1.29, 1.82) is 0 Å². The summed E-state index contributed by atoms with van der Waals surface area (Å²) in [5, 5.41) is 0. The molecule has 0 radical (unpaired) electrons. The summed E-state index contributed by atoms with van der Waals surface area (Å²) in [7, 11) is 5.54. The summed E-state index contributed by atoms with van der Waals surface area (Å²) >= 11 is 3.76. The van der Waals surface area contributed by atoms with Crippen LogP contribution in [0.2, 0.25) is 0 Å². The molecule has 1 aliphatic carbocycles. The van der Waals surface area contributed by atoms with Crippen LogP contribution in [0.15, 0.2) is 53.0 Å². The van der Waals surface area contributed by atoms with E-state index >= 15 is 0 Å². The molecule has 32 heavy (non-hydrogen) atoms. The quantitative estimate of drug-likeness (QED) is 0.563. The van der Waals surface area contributed by atoms with Gasteiger partial charge in [-0.15, -0.1) is 0 Å². The zero-order chi connectivity index (χ0) is 22.5. The Morgan fingerprint density at radius 1 is 1.31 bits per heavy atom. The van der Waals surface area contributed by atoms with Crippen LogP contribution in [0.3, 0.4) is 0 Å². The van der Waals surface area contributed by atoms with Crippen molar-refractivity contribution in [2.45, 2.75) is 37.0 Å². The van der Waals surface area contributed by atoms with Crippen LogP contribution in [0.25, 0.3) is 0 Å². The van der Waals surface area contributed by atoms with Gasteiger partial charge in [-0.05, 0) is 49.9 Å². The first kappa shape index (κ1) is 21.3. The summed E-state index contributed by atoms with van der Waals surface area (Å²) in [4.78, 5) is 16.6. The summed E-state index contributed by atoms with van der Waals surface area (Å²) in [5.41, 5.74) is 3.00. The van der Waals surface area contributed by atoms with Crippen LogP contribution in [0, 0.1) is 0 Å². The second-order valence-corrected chi connectivity index (χ2v) is 9.64. The third kappa shape index (κ3) is 3.39. The van der Waals surface area contributed by atoms with Gasteiger partial charge in [-0.1, -0.05) is 40.2 Å². The maximum absolute atomic E-state index is 12.8. The number of hydrogen-bond acceptors (Lipinski definition) is 5. The van der Waals surface area contributed by atoms with Gasteiger partial charge in [0.25, 0.3) is 0 Å². The van der Waals surface area contributed by atoms with Crippen molar-refractivity contribution >= 4 is 27.7 Å². The zero-order valence-corrected chi connectivity index (χ0v) is 20.1. The molecule has 0 aromatic heterocycles. The molecule has 2 aliphatic heterocycles. The highest BCUT2D eigenvalue weighted by Crippen LogP contribution is 2.57. The van der Waals surface area contributed by atoms with Gasteiger partial charge < -0.3 is 19.1 Å². The van der Waals surface area contributed by atoms with E-state index in [9.17, 15) is 4.79 Å². The molecule has 7 heteroatoms. The van der Waals surface area contributed by atoms with Crippen molar-refractivity contribution in [1.82, 2.24) is 4.90 Å². The van der Waals surface area contributed by atoms with E-state index in [1.807, 2.05) is 42.5 Å². The van der Waals surface area contributed by atoms with E-state index in [0.717, 1.165) is 41.2 Å². The fraction of sp³-hybridized carbons (Fsp3) is 0.400. The number of carbonyl (C=O) groups excluding carboxylic acids is 1. The second-order valence-electron chi connectivity index (χ2n) is 8.79. The highest BCUT2D eigenvalue weighted by molar-refractivity contribution is 9.10. The summed E-state index contributed by atoms with van der Waals surface area (Å²) in [6, 6.07) is 11.5. The molecule has 3 aliphatic rings. The monoisotopic (exact) mass is 498 g/mol. The summed E-state index contributed by atoms with van der Waals surface area (Å²) < 4.78 is 19.1. The number of halogens is 1. The van der Waals surface area contributed by atoms with E-state index in [2.05, 4.69) is 34.0 Å².